The van der Waals surface area contributed by atoms with Crippen LogP contribution >= 0.6 is 0 Å². The molecule has 0 spiro atoms. The minimum atomic E-state index is -0.883. The van der Waals surface area contributed by atoms with Crippen LogP contribution in [-0.4, -0.2) is 29.3 Å². The number of nitrogens with one attached hydrogen (secondary N) is 1. The second-order valence-corrected chi connectivity index (χ2v) is 3.84. The molecule has 0 aliphatic heterocycles. The van der Waals surface area contributed by atoms with Crippen LogP contribution in [0.15, 0.2) is 30.9 Å². The summed E-state index contributed by atoms with van der Waals surface area (Å²) in [6.07, 6.45) is 2.65. The van der Waals surface area contributed by atoms with Gasteiger partial charge in [0.15, 0.2) is 0 Å². The maximum Gasteiger partial charge on any atom is 0.321 e. The maximum absolute atomic E-state index is 10.9. The summed E-state index contributed by atoms with van der Waals surface area (Å²) in [5.74, 6) is -0.671. The highest BCUT2D eigenvalue weighted by atomic mass is 16.4. The standard InChI is InChI=1S/C13H17NO3/c1-3-4-10-7-9(5-6-12(10)15)8-11(14-2)13(16)17/h3,5-7,11,14-15H,1,4,8H2,2H3,(H,16,17)/t11-/m0/s1. The average molecular weight is 235 g/mol. The summed E-state index contributed by atoms with van der Waals surface area (Å²) >= 11 is 0. The van der Waals surface area contributed by atoms with E-state index in [0.29, 0.717) is 12.8 Å². The number of allylic oxidation sites excluding steroid dienone is 1. The molecule has 0 unspecified atom stereocenters. The molecule has 92 valence electrons. The molecule has 0 radical (unpaired) electrons. The van der Waals surface area contributed by atoms with Crippen LogP contribution in [0.4, 0.5) is 0 Å². The Morgan fingerprint density at radius 3 is 2.82 bits per heavy atom. The van der Waals surface area contributed by atoms with Crippen molar-refractivity contribution in [2.45, 2.75) is 18.9 Å². The highest BCUT2D eigenvalue weighted by Crippen LogP contribution is 2.20. The van der Waals surface area contributed by atoms with E-state index in [-0.39, 0.29) is 5.75 Å². The predicted molar refractivity (Wildman–Crippen MR) is 66.2 cm³/mol. The topological polar surface area (TPSA) is 69.6 Å². The van der Waals surface area contributed by atoms with Crippen LogP contribution in [0.5, 0.6) is 5.75 Å². The second kappa shape index (κ2) is 6.06. The third kappa shape index (κ3) is 3.60. The van der Waals surface area contributed by atoms with Crippen molar-refractivity contribution in [1.29, 1.82) is 0 Å². The van der Waals surface area contributed by atoms with Crippen LogP contribution in [0.25, 0.3) is 0 Å². The van der Waals surface area contributed by atoms with E-state index in [1.165, 1.54) is 0 Å². The lowest BCUT2D eigenvalue weighted by Gasteiger charge is -2.12. The molecule has 1 aromatic rings. The molecule has 4 nitrogen and oxygen atoms in total. The van der Waals surface area contributed by atoms with Gasteiger partial charge in [-0.3, -0.25) is 4.79 Å². The Hall–Kier alpha value is -1.81. The lowest BCUT2D eigenvalue weighted by molar-refractivity contribution is -0.139. The molecule has 0 aliphatic rings. The molecular formula is C13H17NO3. The maximum atomic E-state index is 10.9. The van der Waals surface area contributed by atoms with E-state index in [1.807, 2.05) is 6.07 Å². The smallest absolute Gasteiger partial charge is 0.321 e. The largest absolute Gasteiger partial charge is 0.508 e. The van der Waals surface area contributed by atoms with Crippen LogP contribution in [0.2, 0.25) is 0 Å². The predicted octanol–water partition coefficient (Wildman–Crippen LogP) is 1.34. The Labute approximate surface area is 101 Å². The summed E-state index contributed by atoms with van der Waals surface area (Å²) in [7, 11) is 1.61. The third-order valence-electron chi connectivity index (χ3n) is 2.59. The number of rotatable bonds is 6. The zero-order valence-electron chi connectivity index (χ0n) is 9.81. The van der Waals surface area contributed by atoms with Crippen molar-refractivity contribution in [3.8, 4) is 5.75 Å². The number of carbonyl (C=O) groups is 1. The zero-order valence-corrected chi connectivity index (χ0v) is 9.81. The number of likely N-dealkylation sites (N-methyl/N-ethyl adjacent to an activating group) is 1. The van der Waals surface area contributed by atoms with E-state index in [0.717, 1.165) is 11.1 Å². The first kappa shape index (κ1) is 13.3. The third-order valence-corrected chi connectivity index (χ3v) is 2.59. The molecule has 0 amide bonds. The minimum Gasteiger partial charge on any atom is -0.508 e. The number of hydrogen-bond donors (Lipinski definition) is 3. The Bertz CT molecular complexity index is 415. The van der Waals surface area contributed by atoms with Crippen molar-refractivity contribution < 1.29 is 15.0 Å². The summed E-state index contributed by atoms with van der Waals surface area (Å²) in [4.78, 5) is 10.9. The normalized spacial score (nSPS) is 12.1. The van der Waals surface area contributed by atoms with Gasteiger partial charge in [-0.1, -0.05) is 18.2 Å². The summed E-state index contributed by atoms with van der Waals surface area (Å²) in [5.41, 5.74) is 1.64. The van der Waals surface area contributed by atoms with Crippen LogP contribution < -0.4 is 5.32 Å². The minimum absolute atomic E-state index is 0.213. The summed E-state index contributed by atoms with van der Waals surface area (Å²) < 4.78 is 0. The Balaban J connectivity index is 2.87. The van der Waals surface area contributed by atoms with Gasteiger partial charge in [-0.25, -0.2) is 0 Å². The first-order valence-electron chi connectivity index (χ1n) is 5.40. The van der Waals surface area contributed by atoms with E-state index in [4.69, 9.17) is 5.11 Å². The Morgan fingerprint density at radius 2 is 2.29 bits per heavy atom. The van der Waals surface area contributed by atoms with E-state index < -0.39 is 12.0 Å². The van der Waals surface area contributed by atoms with Crippen molar-refractivity contribution in [3.63, 3.8) is 0 Å². The van der Waals surface area contributed by atoms with Crippen molar-refractivity contribution in [2.75, 3.05) is 7.05 Å². The fraction of sp³-hybridized carbons (Fsp3) is 0.308. The molecule has 0 saturated heterocycles. The van der Waals surface area contributed by atoms with Gasteiger partial charge in [-0.2, -0.15) is 0 Å². The molecule has 0 fully saturated rings. The number of aromatic hydroxyl groups is 1. The van der Waals surface area contributed by atoms with Gasteiger partial charge in [0.25, 0.3) is 0 Å². The number of phenols is 1. The molecule has 17 heavy (non-hydrogen) atoms. The number of phenolic OH excluding ortho intramolecular Hbond substituents is 1. The van der Waals surface area contributed by atoms with Gasteiger partial charge >= 0.3 is 5.97 Å². The van der Waals surface area contributed by atoms with Crippen molar-refractivity contribution in [2.24, 2.45) is 0 Å². The van der Waals surface area contributed by atoms with Gasteiger partial charge in [0.2, 0.25) is 0 Å². The van der Waals surface area contributed by atoms with Crippen LogP contribution in [-0.2, 0) is 17.6 Å². The molecule has 0 aromatic heterocycles. The highest BCUT2D eigenvalue weighted by molar-refractivity contribution is 5.73. The number of hydrogen-bond acceptors (Lipinski definition) is 3. The van der Waals surface area contributed by atoms with Gasteiger partial charge in [0, 0.05) is 0 Å². The lowest BCUT2D eigenvalue weighted by Crippen LogP contribution is -2.35. The van der Waals surface area contributed by atoms with Gasteiger partial charge in [-0.05, 0) is 37.1 Å². The van der Waals surface area contributed by atoms with E-state index >= 15 is 0 Å². The molecule has 0 bridgehead atoms. The molecule has 1 rings (SSSR count). The van der Waals surface area contributed by atoms with Crippen molar-refractivity contribution >= 4 is 5.97 Å². The summed E-state index contributed by atoms with van der Waals surface area (Å²) in [5, 5.41) is 21.3. The molecule has 3 N–H and O–H groups in total. The van der Waals surface area contributed by atoms with Crippen molar-refractivity contribution in [3.05, 3.63) is 42.0 Å². The van der Waals surface area contributed by atoms with Crippen LogP contribution in [0, 0.1) is 0 Å². The fourth-order valence-electron chi connectivity index (χ4n) is 1.63. The number of carboxylic acid groups (broad SMARTS) is 1. The van der Waals surface area contributed by atoms with E-state index in [2.05, 4.69) is 11.9 Å². The molecule has 4 heteroatoms. The Kier molecular flexibility index (Phi) is 4.72. The van der Waals surface area contributed by atoms with Gasteiger partial charge in [-0.15, -0.1) is 6.58 Å². The van der Waals surface area contributed by atoms with E-state index in [9.17, 15) is 9.90 Å². The molecular weight excluding hydrogens is 218 g/mol. The van der Waals surface area contributed by atoms with E-state index in [1.54, 1.807) is 25.3 Å². The molecule has 0 saturated carbocycles. The van der Waals surface area contributed by atoms with Crippen LogP contribution in [0.3, 0.4) is 0 Å². The number of aliphatic carboxylic acids is 1. The highest BCUT2D eigenvalue weighted by Gasteiger charge is 2.15. The fourth-order valence-corrected chi connectivity index (χ4v) is 1.63. The first-order valence-corrected chi connectivity index (χ1v) is 5.40. The first-order chi connectivity index (χ1) is 8.08. The van der Waals surface area contributed by atoms with Gasteiger partial charge in [0.05, 0.1) is 0 Å². The monoisotopic (exact) mass is 235 g/mol. The zero-order chi connectivity index (χ0) is 12.8. The lowest BCUT2D eigenvalue weighted by atomic mass is 10.0. The second-order valence-electron chi connectivity index (χ2n) is 3.84. The quantitative estimate of drug-likeness (QED) is 0.651. The van der Waals surface area contributed by atoms with Crippen LogP contribution in [0.1, 0.15) is 11.1 Å². The van der Waals surface area contributed by atoms with Crippen molar-refractivity contribution in [1.82, 2.24) is 5.32 Å². The Morgan fingerprint density at radius 1 is 1.59 bits per heavy atom. The summed E-state index contributed by atoms with van der Waals surface area (Å²) in [6, 6.07) is 4.51. The SMILES string of the molecule is C=CCc1cc(C[C@H](NC)C(=O)O)ccc1O. The molecule has 0 heterocycles. The average Bonchev–Trinajstić information content (AvgIpc) is 2.30. The number of carboxylic acids is 1. The molecule has 1 aromatic carbocycles. The summed E-state index contributed by atoms with van der Waals surface area (Å²) in [6.45, 7) is 3.61. The van der Waals surface area contributed by atoms with Gasteiger partial charge < -0.3 is 15.5 Å². The molecule has 0 aliphatic carbocycles. The molecule has 1 atom stereocenters. The van der Waals surface area contributed by atoms with Gasteiger partial charge in [0.1, 0.15) is 11.8 Å². The number of benzene rings is 1.